The number of rotatable bonds is 5. The van der Waals surface area contributed by atoms with E-state index in [0.29, 0.717) is 12.1 Å². The smallest absolute Gasteiger partial charge is 0.337 e. The minimum absolute atomic E-state index is 0.116. The highest BCUT2D eigenvalue weighted by atomic mass is 19.4. The molecule has 0 saturated carbocycles. The van der Waals surface area contributed by atoms with Crippen LogP contribution in [0.5, 0.6) is 0 Å². The van der Waals surface area contributed by atoms with Crippen molar-refractivity contribution in [1.29, 1.82) is 0 Å². The van der Waals surface area contributed by atoms with Gasteiger partial charge in [0, 0.05) is 37.4 Å². The summed E-state index contributed by atoms with van der Waals surface area (Å²) in [4.78, 5) is 11.9. The van der Waals surface area contributed by atoms with Gasteiger partial charge >= 0.3 is 12.2 Å². The van der Waals surface area contributed by atoms with Gasteiger partial charge in [0.05, 0.1) is 6.20 Å². The Morgan fingerprint density at radius 3 is 2.81 bits per heavy atom. The fourth-order valence-corrected chi connectivity index (χ4v) is 2.89. The third kappa shape index (κ3) is 5.22. The second-order valence-electron chi connectivity index (χ2n) is 6.28. The lowest BCUT2D eigenvalue weighted by Crippen LogP contribution is -2.46. The third-order valence-corrected chi connectivity index (χ3v) is 4.16. The van der Waals surface area contributed by atoms with E-state index in [9.17, 15) is 18.0 Å². The lowest BCUT2D eigenvalue weighted by molar-refractivity contribution is -0.142. The number of aromatic nitrogens is 2. The van der Waals surface area contributed by atoms with Crippen molar-refractivity contribution in [3.05, 3.63) is 53.3 Å². The molecule has 3 rings (SSSR count). The first-order valence-corrected chi connectivity index (χ1v) is 8.29. The van der Waals surface area contributed by atoms with E-state index in [1.54, 1.807) is 0 Å². The van der Waals surface area contributed by atoms with Gasteiger partial charge in [0.25, 0.3) is 0 Å². The van der Waals surface area contributed by atoms with E-state index in [1.807, 2.05) is 12.1 Å². The molecule has 0 aliphatic carbocycles. The van der Waals surface area contributed by atoms with Crippen LogP contribution in [0, 0.1) is 0 Å². The van der Waals surface area contributed by atoms with Crippen LogP contribution in [0.1, 0.15) is 16.7 Å². The summed E-state index contributed by atoms with van der Waals surface area (Å²) in [6.45, 7) is 0.203. The van der Waals surface area contributed by atoms with Crippen LogP contribution in [0.4, 0.5) is 18.0 Å². The molecule has 1 unspecified atom stereocenters. The molecular weight excluding hydrogens is 347 g/mol. The molecule has 26 heavy (non-hydrogen) atoms. The summed E-state index contributed by atoms with van der Waals surface area (Å²) < 4.78 is 37.7. The average Bonchev–Trinajstić information content (AvgIpc) is 3.03. The standard InChI is InChI=1S/C17H20F3N5O/c18-17(19,20)11-25-10-12(7-24-25)6-22-16(26)23-9-15-5-13-3-1-2-4-14(13)8-21-15/h1-4,7,10,15,21H,5-6,8-9,11H2,(H2,22,23,26). The molecule has 6 nitrogen and oxygen atoms in total. The van der Waals surface area contributed by atoms with Gasteiger partial charge in [-0.2, -0.15) is 18.3 Å². The third-order valence-electron chi connectivity index (χ3n) is 4.16. The normalized spacial score (nSPS) is 16.8. The molecule has 0 fully saturated rings. The van der Waals surface area contributed by atoms with Gasteiger partial charge < -0.3 is 16.0 Å². The topological polar surface area (TPSA) is 71.0 Å². The van der Waals surface area contributed by atoms with Crippen molar-refractivity contribution < 1.29 is 18.0 Å². The lowest BCUT2D eigenvalue weighted by Gasteiger charge is -2.26. The number of amides is 2. The number of carbonyl (C=O) groups is 1. The van der Waals surface area contributed by atoms with Crippen LogP contribution in [-0.2, 0) is 26.1 Å². The Bertz CT molecular complexity index is 759. The second-order valence-corrected chi connectivity index (χ2v) is 6.28. The maximum absolute atomic E-state index is 12.3. The number of carbonyl (C=O) groups excluding carboxylic acids is 1. The maximum Gasteiger partial charge on any atom is 0.408 e. The van der Waals surface area contributed by atoms with Gasteiger partial charge in [-0.1, -0.05) is 24.3 Å². The van der Waals surface area contributed by atoms with E-state index >= 15 is 0 Å². The zero-order chi connectivity index (χ0) is 18.6. The van der Waals surface area contributed by atoms with Crippen molar-refractivity contribution >= 4 is 6.03 Å². The van der Waals surface area contributed by atoms with E-state index < -0.39 is 12.7 Å². The molecule has 0 spiro atoms. The monoisotopic (exact) mass is 367 g/mol. The number of nitrogens with one attached hydrogen (secondary N) is 3. The zero-order valence-electron chi connectivity index (χ0n) is 14.0. The van der Waals surface area contributed by atoms with Gasteiger partial charge in [-0.05, 0) is 17.5 Å². The van der Waals surface area contributed by atoms with Crippen molar-refractivity contribution in [1.82, 2.24) is 25.7 Å². The van der Waals surface area contributed by atoms with E-state index in [1.165, 1.54) is 23.5 Å². The Kier molecular flexibility index (Phi) is 5.46. The summed E-state index contributed by atoms with van der Waals surface area (Å²) >= 11 is 0. The minimum atomic E-state index is -4.32. The highest BCUT2D eigenvalue weighted by molar-refractivity contribution is 5.73. The number of fused-ring (bicyclic) bond motifs is 1. The molecule has 2 heterocycles. The van der Waals surface area contributed by atoms with Crippen molar-refractivity contribution in [2.45, 2.75) is 38.3 Å². The van der Waals surface area contributed by atoms with Crippen LogP contribution in [0.25, 0.3) is 0 Å². The van der Waals surface area contributed by atoms with E-state index in [-0.39, 0.29) is 18.6 Å². The summed E-state index contributed by atoms with van der Waals surface area (Å²) in [6.07, 6.45) is -0.903. The van der Waals surface area contributed by atoms with Gasteiger partial charge in [0.15, 0.2) is 0 Å². The predicted molar refractivity (Wildman–Crippen MR) is 89.3 cm³/mol. The first-order valence-electron chi connectivity index (χ1n) is 8.29. The summed E-state index contributed by atoms with van der Waals surface area (Å²) in [5.74, 6) is 0. The summed E-state index contributed by atoms with van der Waals surface area (Å²) in [5, 5.41) is 12.4. The number of alkyl halides is 3. The van der Waals surface area contributed by atoms with Crippen LogP contribution in [0.2, 0.25) is 0 Å². The second kappa shape index (κ2) is 7.77. The minimum Gasteiger partial charge on any atom is -0.337 e. The number of hydrogen-bond acceptors (Lipinski definition) is 3. The van der Waals surface area contributed by atoms with Gasteiger partial charge in [0.2, 0.25) is 0 Å². The molecule has 1 aliphatic heterocycles. The number of benzene rings is 1. The number of urea groups is 1. The van der Waals surface area contributed by atoms with Gasteiger partial charge in [0.1, 0.15) is 6.54 Å². The van der Waals surface area contributed by atoms with Crippen LogP contribution in [0.15, 0.2) is 36.7 Å². The van der Waals surface area contributed by atoms with Crippen molar-refractivity contribution in [3.8, 4) is 0 Å². The lowest BCUT2D eigenvalue weighted by atomic mass is 9.96. The van der Waals surface area contributed by atoms with Gasteiger partial charge in [-0.3, -0.25) is 4.68 Å². The van der Waals surface area contributed by atoms with Crippen LogP contribution in [0.3, 0.4) is 0 Å². The molecule has 1 aromatic carbocycles. The van der Waals surface area contributed by atoms with Crippen molar-refractivity contribution in [2.75, 3.05) is 6.54 Å². The van der Waals surface area contributed by atoms with Crippen molar-refractivity contribution in [2.24, 2.45) is 0 Å². The Balaban J connectivity index is 1.40. The molecule has 0 bridgehead atoms. The fourth-order valence-electron chi connectivity index (χ4n) is 2.89. The molecule has 1 aromatic heterocycles. The maximum atomic E-state index is 12.3. The molecule has 2 aromatic rings. The molecule has 1 aliphatic rings. The Morgan fingerprint density at radius 1 is 1.27 bits per heavy atom. The molecule has 9 heteroatoms. The number of halogens is 3. The van der Waals surface area contributed by atoms with Gasteiger partial charge in [-0.15, -0.1) is 0 Å². The summed E-state index contributed by atoms with van der Waals surface area (Å²) in [5.41, 5.74) is 3.05. The van der Waals surface area contributed by atoms with Crippen LogP contribution in [-0.4, -0.2) is 34.6 Å². The molecule has 2 amide bonds. The SMILES string of the molecule is O=C(NCc1cnn(CC(F)(F)F)c1)NCC1Cc2ccccc2CN1. The Hall–Kier alpha value is -2.55. The molecular formula is C17H20F3N5O. The van der Waals surface area contributed by atoms with E-state index in [0.717, 1.165) is 17.6 Å². The number of hydrogen-bond donors (Lipinski definition) is 3. The highest BCUT2D eigenvalue weighted by Crippen LogP contribution is 2.17. The summed E-state index contributed by atoms with van der Waals surface area (Å²) in [6, 6.07) is 7.95. The number of nitrogens with zero attached hydrogens (tertiary/aromatic N) is 2. The molecule has 140 valence electrons. The van der Waals surface area contributed by atoms with E-state index in [4.69, 9.17) is 0 Å². The van der Waals surface area contributed by atoms with Crippen LogP contribution >= 0.6 is 0 Å². The first-order chi connectivity index (χ1) is 12.4. The molecule has 3 N–H and O–H groups in total. The first kappa shape index (κ1) is 18.2. The largest absolute Gasteiger partial charge is 0.408 e. The van der Waals surface area contributed by atoms with Crippen LogP contribution < -0.4 is 16.0 Å². The average molecular weight is 367 g/mol. The predicted octanol–water partition coefficient (Wildman–Crippen LogP) is 1.96. The highest BCUT2D eigenvalue weighted by Gasteiger charge is 2.28. The Labute approximate surface area is 148 Å². The Morgan fingerprint density at radius 2 is 2.04 bits per heavy atom. The summed E-state index contributed by atoms with van der Waals surface area (Å²) in [7, 11) is 0. The van der Waals surface area contributed by atoms with E-state index in [2.05, 4.69) is 33.2 Å². The fraction of sp³-hybridized carbons (Fsp3) is 0.412. The zero-order valence-corrected chi connectivity index (χ0v) is 14.0. The molecule has 0 saturated heterocycles. The molecule has 1 atom stereocenters. The van der Waals surface area contributed by atoms with Gasteiger partial charge in [-0.25, -0.2) is 4.79 Å². The quantitative estimate of drug-likeness (QED) is 0.757. The van der Waals surface area contributed by atoms with Crippen molar-refractivity contribution in [3.63, 3.8) is 0 Å². The molecule has 0 radical (unpaired) electrons.